The van der Waals surface area contributed by atoms with Gasteiger partial charge in [-0.15, -0.1) is 22.7 Å². The summed E-state index contributed by atoms with van der Waals surface area (Å²) in [5, 5.41) is 5.23. The zero-order valence-corrected chi connectivity index (χ0v) is 24.4. The summed E-state index contributed by atoms with van der Waals surface area (Å²) in [6, 6.07) is 52.4. The monoisotopic (exact) mass is 562 g/mol. The van der Waals surface area contributed by atoms with Crippen LogP contribution in [0.5, 0.6) is 0 Å². The number of hydrogen-bond acceptors (Lipinski definition) is 2. The summed E-state index contributed by atoms with van der Waals surface area (Å²) in [5.41, 5.74) is 0. The lowest BCUT2D eigenvalue weighted by Gasteiger charge is -2.24. The van der Waals surface area contributed by atoms with Crippen molar-refractivity contribution in [2.45, 2.75) is 0 Å². The quantitative estimate of drug-likeness (QED) is 0.185. The van der Waals surface area contributed by atoms with Crippen LogP contribution in [0.25, 0.3) is 9.75 Å². The van der Waals surface area contributed by atoms with Gasteiger partial charge in [0.25, 0.3) is 0 Å². The first-order chi connectivity index (χ1) is 18.6. The predicted molar refractivity (Wildman–Crippen MR) is 179 cm³/mol. The molecule has 2 heterocycles. The Kier molecular flexibility index (Phi) is 7.00. The van der Waals surface area contributed by atoms with E-state index in [0.717, 1.165) is 0 Å². The molecule has 0 aliphatic carbocycles. The van der Waals surface area contributed by atoms with Crippen LogP contribution in [-0.4, -0.2) is 12.6 Å². The van der Waals surface area contributed by atoms with Gasteiger partial charge < -0.3 is 0 Å². The zero-order chi connectivity index (χ0) is 26.0. The van der Waals surface area contributed by atoms with E-state index < -0.39 is 13.8 Å². The van der Waals surface area contributed by atoms with E-state index in [4.69, 9.17) is 12.6 Å². The van der Waals surface area contributed by atoms with Crippen LogP contribution in [0.2, 0.25) is 0 Å². The van der Waals surface area contributed by atoms with Crippen molar-refractivity contribution < 1.29 is 0 Å². The molecule has 0 unspecified atom stereocenters. The van der Waals surface area contributed by atoms with Crippen molar-refractivity contribution in [1.29, 1.82) is 0 Å². The number of benzene rings is 4. The van der Waals surface area contributed by atoms with E-state index in [1.54, 1.807) is 0 Å². The summed E-state index contributed by atoms with van der Waals surface area (Å²) in [4.78, 5) is 2.59. The van der Waals surface area contributed by atoms with Crippen molar-refractivity contribution in [3.05, 3.63) is 146 Å². The van der Waals surface area contributed by atoms with Gasteiger partial charge >= 0.3 is 0 Å². The van der Waals surface area contributed by atoms with Gasteiger partial charge in [-0.2, -0.15) is 0 Å². The summed E-state index contributed by atoms with van der Waals surface area (Å²) < 4.78 is 2.70. The van der Waals surface area contributed by atoms with Gasteiger partial charge in [-0.05, 0) is 59.3 Å². The SMILES string of the molecule is C=P(c1ccccc1)(c1ccccc1)c1ccc(-c2ccc(P(=C)(c3ccccc3)c3ccccc3)s2)s1. The van der Waals surface area contributed by atoms with Gasteiger partial charge in [0.05, 0.1) is 0 Å². The molecule has 0 fully saturated rings. The molecule has 186 valence electrons. The van der Waals surface area contributed by atoms with Gasteiger partial charge in [0, 0.05) is 19.0 Å². The molecule has 0 saturated carbocycles. The molecule has 6 rings (SSSR count). The largest absolute Gasteiger partial charge is 0.134 e. The molecule has 0 bridgehead atoms. The lowest BCUT2D eigenvalue weighted by atomic mass is 10.4. The van der Waals surface area contributed by atoms with Crippen LogP contribution >= 0.6 is 36.4 Å². The maximum Gasteiger partial charge on any atom is 0.0449 e. The second kappa shape index (κ2) is 10.6. The third-order valence-electron chi connectivity index (χ3n) is 6.97. The van der Waals surface area contributed by atoms with Gasteiger partial charge in [-0.1, -0.05) is 134 Å². The fourth-order valence-electron chi connectivity index (χ4n) is 4.87. The average molecular weight is 563 g/mol. The molecule has 0 aliphatic rings. The number of thiophene rings is 2. The second-order valence-corrected chi connectivity index (χ2v) is 18.3. The van der Waals surface area contributed by atoms with E-state index in [2.05, 4.69) is 146 Å². The molecule has 0 nitrogen and oxygen atoms in total. The van der Waals surface area contributed by atoms with Crippen molar-refractivity contribution >= 4 is 79.5 Å². The molecule has 4 heteroatoms. The molecule has 0 atom stereocenters. The molecule has 6 aromatic rings. The van der Waals surface area contributed by atoms with Crippen LogP contribution < -0.4 is 30.5 Å². The third-order valence-corrected chi connectivity index (χ3v) is 17.9. The Hall–Kier alpha value is -3.12. The maximum absolute atomic E-state index is 4.93. The minimum Gasteiger partial charge on any atom is -0.134 e. The van der Waals surface area contributed by atoms with E-state index in [-0.39, 0.29) is 0 Å². The average Bonchev–Trinajstić information content (AvgIpc) is 3.69. The van der Waals surface area contributed by atoms with Gasteiger partial charge in [0.2, 0.25) is 0 Å². The molecule has 0 N–H and O–H groups in total. The minimum atomic E-state index is -1.98. The normalized spacial score (nSPS) is 11.9. The summed E-state index contributed by atoms with van der Waals surface area (Å²) in [6.45, 7) is -3.96. The first-order valence-corrected chi connectivity index (χ1v) is 18.1. The zero-order valence-electron chi connectivity index (χ0n) is 21.0. The van der Waals surface area contributed by atoms with Crippen LogP contribution in [0.15, 0.2) is 146 Å². The molecule has 0 aliphatic heterocycles. The van der Waals surface area contributed by atoms with Crippen molar-refractivity contribution in [3.8, 4) is 9.75 Å². The Bertz CT molecular complexity index is 1530. The van der Waals surface area contributed by atoms with Crippen molar-refractivity contribution in [3.63, 3.8) is 0 Å². The standard InChI is InChI=1S/C34H28P2S2/c1-35(27-15-7-3-8-16-27,28-17-9-4-10-18-28)33-25-23-31(37-33)32-24-26-34(38-32)36(2,29-19-11-5-12-20-29)30-21-13-6-14-22-30/h3-26H,1-2H2. The fourth-order valence-corrected chi connectivity index (χ4v) is 14.5. The Labute approximate surface area is 233 Å². The number of rotatable bonds is 7. The molecule has 0 radical (unpaired) electrons. The Morgan fingerprint density at radius 2 is 0.605 bits per heavy atom. The first kappa shape index (κ1) is 25.2. The Balaban J connectivity index is 1.44. The van der Waals surface area contributed by atoms with Crippen LogP contribution in [0.4, 0.5) is 0 Å². The summed E-state index contributed by atoms with van der Waals surface area (Å²) in [6.07, 6.45) is 9.86. The summed E-state index contributed by atoms with van der Waals surface area (Å²) >= 11 is 3.77. The summed E-state index contributed by atoms with van der Waals surface area (Å²) in [7, 11) is 0. The van der Waals surface area contributed by atoms with Crippen LogP contribution in [0.3, 0.4) is 0 Å². The third kappa shape index (κ3) is 4.43. The van der Waals surface area contributed by atoms with Gasteiger partial charge in [-0.25, -0.2) is 0 Å². The summed E-state index contributed by atoms with van der Waals surface area (Å²) in [5.74, 6) is 0. The molecule has 0 spiro atoms. The molecular formula is C34H28P2S2. The second-order valence-electron chi connectivity index (χ2n) is 9.24. The van der Waals surface area contributed by atoms with Gasteiger partial charge in [0.15, 0.2) is 0 Å². The molecule has 4 aromatic carbocycles. The Morgan fingerprint density at radius 3 is 0.868 bits per heavy atom. The highest BCUT2D eigenvalue weighted by atomic mass is 32.1. The fraction of sp³-hybridized carbons (Fsp3) is 0. The van der Waals surface area contributed by atoms with Gasteiger partial charge in [-0.3, -0.25) is 0 Å². The van der Waals surface area contributed by atoms with Gasteiger partial charge in [0.1, 0.15) is 0 Å². The van der Waals surface area contributed by atoms with Crippen LogP contribution in [-0.2, 0) is 0 Å². The van der Waals surface area contributed by atoms with Crippen molar-refractivity contribution in [2.24, 2.45) is 0 Å². The molecule has 2 aromatic heterocycles. The van der Waals surface area contributed by atoms with E-state index in [9.17, 15) is 0 Å². The maximum atomic E-state index is 4.93. The lowest BCUT2D eigenvalue weighted by molar-refractivity contribution is 1.75. The van der Waals surface area contributed by atoms with E-state index in [1.165, 1.54) is 40.2 Å². The molecule has 0 saturated heterocycles. The first-order valence-electron chi connectivity index (χ1n) is 12.5. The van der Waals surface area contributed by atoms with Crippen molar-refractivity contribution in [2.75, 3.05) is 0 Å². The van der Waals surface area contributed by atoms with Crippen molar-refractivity contribution in [1.82, 2.24) is 0 Å². The van der Waals surface area contributed by atoms with E-state index >= 15 is 0 Å². The lowest BCUT2D eigenvalue weighted by Crippen LogP contribution is -2.23. The minimum absolute atomic E-state index is 1.30. The highest BCUT2D eigenvalue weighted by Gasteiger charge is 2.26. The molecular weight excluding hydrogens is 534 g/mol. The molecule has 0 amide bonds. The van der Waals surface area contributed by atoms with E-state index in [1.807, 2.05) is 22.7 Å². The number of hydrogen-bond donors (Lipinski definition) is 0. The predicted octanol–water partition coefficient (Wildman–Crippen LogP) is 6.93. The van der Waals surface area contributed by atoms with E-state index in [0.29, 0.717) is 0 Å². The highest BCUT2D eigenvalue weighted by molar-refractivity contribution is 7.97. The Morgan fingerprint density at radius 1 is 0.342 bits per heavy atom. The highest BCUT2D eigenvalue weighted by Crippen LogP contribution is 2.48. The smallest absolute Gasteiger partial charge is 0.0449 e. The topological polar surface area (TPSA) is 0 Å². The van der Waals surface area contributed by atoms with Crippen LogP contribution in [0, 0.1) is 0 Å². The van der Waals surface area contributed by atoms with Crippen LogP contribution in [0.1, 0.15) is 0 Å². The molecule has 38 heavy (non-hydrogen) atoms.